The van der Waals surface area contributed by atoms with Crippen molar-refractivity contribution in [2.45, 2.75) is 44.8 Å². The Morgan fingerprint density at radius 2 is 2.14 bits per heavy atom. The highest BCUT2D eigenvalue weighted by molar-refractivity contribution is 6.08. The molecule has 11 heteroatoms. The summed E-state index contributed by atoms with van der Waals surface area (Å²) in [6, 6.07) is 3.47. The van der Waals surface area contributed by atoms with E-state index in [0.717, 1.165) is 12.8 Å². The summed E-state index contributed by atoms with van der Waals surface area (Å²) < 4.78 is 17.5. The largest absolute Gasteiger partial charge is 0.492 e. The molecule has 6 rings (SSSR count). The standard InChI is InChI=1S/C26H29N5O6/c1-14(32)26(34)31-8-2-3-16(10-31)30-25(33)17-9-27-23-21(17)28-12-29-22(23)20-18(35-11-15-4-5-15)6-7-19-24(20)37-13-36-19/h6-7,9,12,14-16,27,32H,2-5,8,10-11,13H2,1H3,(H,30,33)/t14-,16-/m0/s1. The van der Waals surface area contributed by atoms with Gasteiger partial charge in [-0.05, 0) is 50.7 Å². The lowest BCUT2D eigenvalue weighted by Crippen LogP contribution is -2.51. The van der Waals surface area contributed by atoms with E-state index in [1.807, 2.05) is 12.1 Å². The van der Waals surface area contributed by atoms with Crippen molar-refractivity contribution in [2.75, 3.05) is 26.5 Å². The second kappa shape index (κ2) is 9.55. The molecule has 0 bridgehead atoms. The van der Waals surface area contributed by atoms with Crippen LogP contribution in [0.4, 0.5) is 0 Å². The summed E-state index contributed by atoms with van der Waals surface area (Å²) in [5.41, 5.74) is 2.66. The van der Waals surface area contributed by atoms with E-state index >= 15 is 0 Å². The Morgan fingerprint density at radius 3 is 2.95 bits per heavy atom. The van der Waals surface area contributed by atoms with Crippen LogP contribution in [0.1, 0.15) is 43.0 Å². The molecule has 3 aliphatic rings. The molecule has 3 aromatic rings. The number of benzene rings is 1. The number of carbonyl (C=O) groups is 2. The second-order valence-corrected chi connectivity index (χ2v) is 9.85. The predicted octanol–water partition coefficient (Wildman–Crippen LogP) is 2.24. The lowest BCUT2D eigenvalue weighted by Gasteiger charge is -2.33. The molecule has 2 atom stereocenters. The first-order valence-corrected chi connectivity index (χ1v) is 12.6. The Bertz CT molecular complexity index is 1350. The summed E-state index contributed by atoms with van der Waals surface area (Å²) in [5.74, 6) is 1.75. The van der Waals surface area contributed by atoms with Gasteiger partial charge < -0.3 is 34.5 Å². The summed E-state index contributed by atoms with van der Waals surface area (Å²) >= 11 is 0. The number of rotatable bonds is 7. The van der Waals surface area contributed by atoms with E-state index in [2.05, 4.69) is 20.3 Å². The van der Waals surface area contributed by atoms with Crippen molar-refractivity contribution in [2.24, 2.45) is 5.92 Å². The van der Waals surface area contributed by atoms with Gasteiger partial charge in [-0.1, -0.05) is 0 Å². The number of hydrogen-bond acceptors (Lipinski definition) is 8. The van der Waals surface area contributed by atoms with E-state index in [1.165, 1.54) is 26.1 Å². The minimum atomic E-state index is -1.06. The zero-order valence-electron chi connectivity index (χ0n) is 20.5. The molecule has 0 spiro atoms. The summed E-state index contributed by atoms with van der Waals surface area (Å²) in [6.07, 6.45) is 5.79. The van der Waals surface area contributed by atoms with Crippen LogP contribution >= 0.6 is 0 Å². The van der Waals surface area contributed by atoms with Crippen molar-refractivity contribution < 1.29 is 28.9 Å². The van der Waals surface area contributed by atoms with Crippen molar-refractivity contribution in [3.8, 4) is 28.5 Å². The number of nitrogens with zero attached hydrogens (tertiary/aromatic N) is 3. The summed E-state index contributed by atoms with van der Waals surface area (Å²) in [5, 5.41) is 12.7. The van der Waals surface area contributed by atoms with E-state index in [0.29, 0.717) is 70.7 Å². The SMILES string of the molecule is C[C@H](O)C(=O)N1CCC[C@H](NC(=O)c2c[nH]c3c(-c4c(OCC5CC5)ccc5c4OCO5)ncnc23)C1. The average Bonchev–Trinajstić information content (AvgIpc) is 3.42. The van der Waals surface area contributed by atoms with Gasteiger partial charge in [-0.15, -0.1) is 0 Å². The number of carbonyl (C=O) groups excluding carboxylic acids is 2. The minimum absolute atomic E-state index is 0.108. The average molecular weight is 508 g/mol. The first-order chi connectivity index (χ1) is 18.0. The van der Waals surface area contributed by atoms with Crippen LogP contribution in [0, 0.1) is 5.92 Å². The lowest BCUT2D eigenvalue weighted by molar-refractivity contribution is -0.140. The number of aliphatic hydroxyl groups is 1. The molecule has 1 saturated heterocycles. The summed E-state index contributed by atoms with van der Waals surface area (Å²) in [4.78, 5) is 39.2. The molecule has 1 saturated carbocycles. The third-order valence-corrected chi connectivity index (χ3v) is 7.04. The molecule has 1 aromatic carbocycles. The van der Waals surface area contributed by atoms with Crippen molar-refractivity contribution in [1.29, 1.82) is 0 Å². The Kier molecular flexibility index (Phi) is 6.07. The molecule has 194 valence electrons. The van der Waals surface area contributed by atoms with E-state index < -0.39 is 6.10 Å². The summed E-state index contributed by atoms with van der Waals surface area (Å²) in [7, 11) is 0. The summed E-state index contributed by atoms with van der Waals surface area (Å²) in [6.45, 7) is 3.10. The molecule has 0 unspecified atom stereocenters. The van der Waals surface area contributed by atoms with Crippen molar-refractivity contribution in [3.05, 3.63) is 30.2 Å². The molecule has 3 N–H and O–H groups in total. The molecule has 37 heavy (non-hydrogen) atoms. The molecule has 2 fully saturated rings. The molecule has 1 aliphatic carbocycles. The number of H-pyrrole nitrogens is 1. The number of amides is 2. The van der Waals surface area contributed by atoms with Gasteiger partial charge in [0.2, 0.25) is 6.79 Å². The zero-order chi connectivity index (χ0) is 25.5. The van der Waals surface area contributed by atoms with Gasteiger partial charge in [0.05, 0.1) is 23.3 Å². The number of aliphatic hydroxyl groups excluding tert-OH is 1. The number of likely N-dealkylation sites (tertiary alicyclic amines) is 1. The van der Waals surface area contributed by atoms with Crippen LogP contribution < -0.4 is 19.5 Å². The van der Waals surface area contributed by atoms with Crippen LogP contribution in [0.15, 0.2) is 24.7 Å². The normalized spacial score (nSPS) is 19.6. The van der Waals surface area contributed by atoms with Gasteiger partial charge in [-0.25, -0.2) is 9.97 Å². The maximum atomic E-state index is 13.3. The first-order valence-electron chi connectivity index (χ1n) is 12.6. The van der Waals surface area contributed by atoms with Gasteiger partial charge in [-0.2, -0.15) is 0 Å². The highest BCUT2D eigenvalue weighted by atomic mass is 16.7. The second-order valence-electron chi connectivity index (χ2n) is 9.85. The van der Waals surface area contributed by atoms with Crippen LogP contribution in [-0.4, -0.2) is 75.4 Å². The molecule has 2 amide bonds. The number of ether oxygens (including phenoxy) is 3. The maximum absolute atomic E-state index is 13.3. The number of hydrogen-bond donors (Lipinski definition) is 3. The molecule has 2 aliphatic heterocycles. The molecular formula is C26H29N5O6. The third-order valence-electron chi connectivity index (χ3n) is 7.04. The smallest absolute Gasteiger partial charge is 0.255 e. The van der Waals surface area contributed by atoms with Crippen molar-refractivity contribution in [3.63, 3.8) is 0 Å². The van der Waals surface area contributed by atoms with Gasteiger partial charge in [0.25, 0.3) is 11.8 Å². The maximum Gasteiger partial charge on any atom is 0.255 e. The van der Waals surface area contributed by atoms with Crippen molar-refractivity contribution >= 4 is 22.8 Å². The van der Waals surface area contributed by atoms with Gasteiger partial charge in [-0.3, -0.25) is 9.59 Å². The highest BCUT2D eigenvalue weighted by Crippen LogP contribution is 2.48. The Labute approximate surface area is 213 Å². The number of piperidine rings is 1. The number of aromatic nitrogens is 3. The lowest BCUT2D eigenvalue weighted by atomic mass is 10.0. The van der Waals surface area contributed by atoms with Gasteiger partial charge in [0.1, 0.15) is 29.4 Å². The third kappa shape index (κ3) is 4.55. The van der Waals surface area contributed by atoms with Crippen LogP contribution in [0.25, 0.3) is 22.3 Å². The van der Waals surface area contributed by atoms with Crippen LogP contribution in [0.5, 0.6) is 17.2 Å². The van der Waals surface area contributed by atoms with Crippen LogP contribution in [0.3, 0.4) is 0 Å². The van der Waals surface area contributed by atoms with E-state index in [1.54, 1.807) is 11.1 Å². The first kappa shape index (κ1) is 23.5. The predicted molar refractivity (Wildman–Crippen MR) is 132 cm³/mol. The Balaban J connectivity index is 1.29. The van der Waals surface area contributed by atoms with Gasteiger partial charge >= 0.3 is 0 Å². The Hall–Kier alpha value is -3.86. The molecular weight excluding hydrogens is 478 g/mol. The van der Waals surface area contributed by atoms with E-state index in [-0.39, 0.29) is 24.6 Å². The van der Waals surface area contributed by atoms with Crippen LogP contribution in [-0.2, 0) is 4.79 Å². The van der Waals surface area contributed by atoms with Gasteiger partial charge in [0.15, 0.2) is 11.5 Å². The minimum Gasteiger partial charge on any atom is -0.492 e. The number of nitrogens with one attached hydrogen (secondary N) is 2. The fraction of sp³-hybridized carbons (Fsp3) is 0.462. The number of fused-ring (bicyclic) bond motifs is 2. The molecule has 11 nitrogen and oxygen atoms in total. The van der Waals surface area contributed by atoms with E-state index in [9.17, 15) is 14.7 Å². The fourth-order valence-corrected chi connectivity index (χ4v) is 4.92. The Morgan fingerprint density at radius 1 is 1.27 bits per heavy atom. The topological polar surface area (TPSA) is 139 Å². The molecule has 4 heterocycles. The fourth-order valence-electron chi connectivity index (χ4n) is 4.92. The molecule has 2 aromatic heterocycles. The monoisotopic (exact) mass is 507 g/mol. The van der Waals surface area contributed by atoms with Gasteiger partial charge in [0, 0.05) is 25.3 Å². The molecule has 0 radical (unpaired) electrons. The van der Waals surface area contributed by atoms with E-state index in [4.69, 9.17) is 14.2 Å². The highest BCUT2D eigenvalue weighted by Gasteiger charge is 2.30. The number of aromatic amines is 1. The van der Waals surface area contributed by atoms with Crippen molar-refractivity contribution in [1.82, 2.24) is 25.2 Å². The van der Waals surface area contributed by atoms with Crippen LogP contribution in [0.2, 0.25) is 0 Å². The zero-order valence-corrected chi connectivity index (χ0v) is 20.5. The quantitative estimate of drug-likeness (QED) is 0.443.